The van der Waals surface area contributed by atoms with Crippen LogP contribution in [0.2, 0.25) is 0 Å². The first kappa shape index (κ1) is 16.8. The van der Waals surface area contributed by atoms with Gasteiger partial charge in [-0.15, -0.1) is 11.3 Å². The predicted molar refractivity (Wildman–Crippen MR) is 96.2 cm³/mol. The van der Waals surface area contributed by atoms with Crippen molar-refractivity contribution in [3.63, 3.8) is 0 Å². The second-order valence-electron chi connectivity index (χ2n) is 5.53. The number of benzene rings is 1. The number of anilines is 1. The molecule has 3 aromatic rings. The lowest BCUT2D eigenvalue weighted by molar-refractivity contribution is -0.115. The van der Waals surface area contributed by atoms with Crippen molar-refractivity contribution < 1.29 is 9.59 Å². The molecule has 7 nitrogen and oxygen atoms in total. The van der Waals surface area contributed by atoms with Gasteiger partial charge in [0.15, 0.2) is 4.96 Å². The molecule has 0 unspecified atom stereocenters. The molecule has 0 radical (unpaired) electrons. The first-order valence-electron chi connectivity index (χ1n) is 7.56. The largest absolute Gasteiger partial charge is 0.343 e. The normalized spacial score (nSPS) is 10.6. The maximum Gasteiger partial charge on any atom is 0.271 e. The molecule has 0 spiro atoms. The monoisotopic (exact) mass is 356 g/mol. The van der Waals surface area contributed by atoms with E-state index in [1.165, 1.54) is 21.9 Å². The van der Waals surface area contributed by atoms with Gasteiger partial charge >= 0.3 is 0 Å². The van der Waals surface area contributed by atoms with E-state index in [2.05, 4.69) is 15.6 Å². The first-order chi connectivity index (χ1) is 12.0. The Morgan fingerprint density at radius 3 is 2.68 bits per heavy atom. The highest BCUT2D eigenvalue weighted by molar-refractivity contribution is 7.15. The Balaban J connectivity index is 1.68. The van der Waals surface area contributed by atoms with E-state index in [1.54, 1.807) is 11.6 Å². The molecule has 128 valence electrons. The second kappa shape index (κ2) is 6.86. The Bertz CT molecular complexity index is 1000. The Labute approximate surface area is 147 Å². The van der Waals surface area contributed by atoms with Gasteiger partial charge in [0.05, 0.1) is 6.54 Å². The van der Waals surface area contributed by atoms with Crippen molar-refractivity contribution in [3.8, 4) is 0 Å². The van der Waals surface area contributed by atoms with Gasteiger partial charge in [-0.1, -0.05) is 18.2 Å². The van der Waals surface area contributed by atoms with E-state index in [-0.39, 0.29) is 18.0 Å². The highest BCUT2D eigenvalue weighted by atomic mass is 32.1. The van der Waals surface area contributed by atoms with Gasteiger partial charge in [-0.05, 0) is 25.0 Å². The maximum absolute atomic E-state index is 12.2. The highest BCUT2D eigenvalue weighted by Gasteiger charge is 2.15. The van der Waals surface area contributed by atoms with E-state index < -0.39 is 11.5 Å². The lowest BCUT2D eigenvalue weighted by Crippen LogP contribution is -2.36. The van der Waals surface area contributed by atoms with Crippen molar-refractivity contribution in [2.24, 2.45) is 0 Å². The van der Waals surface area contributed by atoms with Crippen molar-refractivity contribution in [3.05, 3.63) is 63.0 Å². The van der Waals surface area contributed by atoms with Crippen molar-refractivity contribution in [1.29, 1.82) is 0 Å². The van der Waals surface area contributed by atoms with Gasteiger partial charge in [0.25, 0.3) is 11.5 Å². The fourth-order valence-electron chi connectivity index (χ4n) is 2.43. The van der Waals surface area contributed by atoms with Crippen LogP contribution in [0.15, 0.2) is 40.8 Å². The van der Waals surface area contributed by atoms with Gasteiger partial charge in [-0.25, -0.2) is 4.98 Å². The van der Waals surface area contributed by atoms with Crippen LogP contribution in [0.5, 0.6) is 0 Å². The topological polar surface area (TPSA) is 92.6 Å². The minimum Gasteiger partial charge on any atom is -0.343 e. The molecule has 0 fully saturated rings. The van der Waals surface area contributed by atoms with Crippen LogP contribution in [-0.2, 0) is 4.79 Å². The van der Waals surface area contributed by atoms with Gasteiger partial charge < -0.3 is 10.6 Å². The van der Waals surface area contributed by atoms with E-state index in [0.29, 0.717) is 4.96 Å². The summed E-state index contributed by atoms with van der Waals surface area (Å²) >= 11 is 1.30. The molecule has 2 N–H and O–H groups in total. The van der Waals surface area contributed by atoms with Crippen molar-refractivity contribution in [1.82, 2.24) is 14.7 Å². The van der Waals surface area contributed by atoms with E-state index in [9.17, 15) is 14.4 Å². The molecule has 0 aliphatic carbocycles. The quantitative estimate of drug-likeness (QED) is 0.745. The Morgan fingerprint density at radius 2 is 1.96 bits per heavy atom. The van der Waals surface area contributed by atoms with E-state index in [1.807, 2.05) is 32.0 Å². The van der Waals surface area contributed by atoms with Crippen LogP contribution < -0.4 is 16.2 Å². The second-order valence-corrected chi connectivity index (χ2v) is 6.40. The molecule has 2 heterocycles. The number of hydrogen-bond donors (Lipinski definition) is 2. The predicted octanol–water partition coefficient (Wildman–Crippen LogP) is 1.74. The summed E-state index contributed by atoms with van der Waals surface area (Å²) in [5, 5.41) is 6.94. The fraction of sp³-hybridized carbons (Fsp3) is 0.176. The van der Waals surface area contributed by atoms with Crippen LogP contribution >= 0.6 is 11.3 Å². The number of aromatic nitrogens is 2. The number of para-hydroxylation sites is 1. The molecule has 0 aliphatic heterocycles. The number of carbonyl (C=O) groups excluding carboxylic acids is 2. The molecule has 0 saturated heterocycles. The van der Waals surface area contributed by atoms with Crippen LogP contribution in [-0.4, -0.2) is 27.7 Å². The molecule has 0 saturated carbocycles. The molecule has 0 atom stereocenters. The summed E-state index contributed by atoms with van der Waals surface area (Å²) < 4.78 is 1.30. The lowest BCUT2D eigenvalue weighted by Gasteiger charge is -2.11. The summed E-state index contributed by atoms with van der Waals surface area (Å²) in [7, 11) is 0. The van der Waals surface area contributed by atoms with Crippen molar-refractivity contribution in [2.45, 2.75) is 13.8 Å². The molecule has 2 amide bonds. The summed E-state index contributed by atoms with van der Waals surface area (Å²) in [6.07, 6.45) is 2.78. The minimum absolute atomic E-state index is 0.101. The molecular formula is C17H16N4O3S. The summed E-state index contributed by atoms with van der Waals surface area (Å²) in [6, 6.07) is 5.69. The molecular weight excluding hydrogens is 340 g/mol. The van der Waals surface area contributed by atoms with Crippen LogP contribution in [0.3, 0.4) is 0 Å². The van der Waals surface area contributed by atoms with E-state index in [0.717, 1.165) is 16.8 Å². The van der Waals surface area contributed by atoms with Gasteiger partial charge in [0.2, 0.25) is 5.91 Å². The van der Waals surface area contributed by atoms with Crippen molar-refractivity contribution >= 4 is 33.8 Å². The summed E-state index contributed by atoms with van der Waals surface area (Å²) in [6.45, 7) is 3.55. The number of aryl methyl sites for hydroxylation is 2. The van der Waals surface area contributed by atoms with Crippen LogP contribution in [0.25, 0.3) is 4.96 Å². The molecule has 8 heteroatoms. The average molecular weight is 356 g/mol. The number of nitrogens with one attached hydrogen (secondary N) is 2. The smallest absolute Gasteiger partial charge is 0.271 e. The first-order valence-corrected chi connectivity index (χ1v) is 8.44. The average Bonchev–Trinajstić information content (AvgIpc) is 3.06. The summed E-state index contributed by atoms with van der Waals surface area (Å²) in [4.78, 5) is 41.1. The zero-order valence-corrected chi connectivity index (χ0v) is 14.5. The molecule has 25 heavy (non-hydrogen) atoms. The summed E-state index contributed by atoms with van der Waals surface area (Å²) in [5.74, 6) is -0.995. The van der Waals surface area contributed by atoms with Crippen LogP contribution in [0.4, 0.5) is 5.69 Å². The standard InChI is InChI=1S/C17H16N4O3S/c1-10-4-3-5-11(2)14(10)20-13(22)9-18-15(23)12-8-19-17-21(16(12)24)6-7-25-17/h3-8H,9H2,1-2H3,(H,18,23)(H,20,22). The number of nitrogens with zero attached hydrogens (tertiary/aromatic N) is 2. The lowest BCUT2D eigenvalue weighted by atomic mass is 10.1. The minimum atomic E-state index is -0.630. The van der Waals surface area contributed by atoms with Gasteiger partial charge in [0, 0.05) is 23.5 Å². The number of fused-ring (bicyclic) bond motifs is 1. The zero-order chi connectivity index (χ0) is 18.0. The van der Waals surface area contributed by atoms with Crippen LogP contribution in [0, 0.1) is 13.8 Å². The summed E-state index contributed by atoms with van der Waals surface area (Å²) in [5.41, 5.74) is 2.04. The van der Waals surface area contributed by atoms with E-state index in [4.69, 9.17) is 0 Å². The fourth-order valence-corrected chi connectivity index (χ4v) is 3.11. The third-order valence-corrected chi connectivity index (χ3v) is 4.51. The zero-order valence-electron chi connectivity index (χ0n) is 13.7. The van der Waals surface area contributed by atoms with Crippen LogP contribution in [0.1, 0.15) is 21.5 Å². The molecule has 0 aliphatic rings. The molecule has 3 rings (SSSR count). The van der Waals surface area contributed by atoms with Gasteiger partial charge in [-0.3, -0.25) is 18.8 Å². The molecule has 1 aromatic carbocycles. The number of thiazole rings is 1. The third-order valence-electron chi connectivity index (χ3n) is 3.74. The Kier molecular flexibility index (Phi) is 4.62. The van der Waals surface area contributed by atoms with Gasteiger partial charge in [-0.2, -0.15) is 0 Å². The number of carbonyl (C=O) groups is 2. The van der Waals surface area contributed by atoms with Crippen molar-refractivity contribution in [2.75, 3.05) is 11.9 Å². The maximum atomic E-state index is 12.2. The Morgan fingerprint density at radius 1 is 1.24 bits per heavy atom. The SMILES string of the molecule is Cc1cccc(C)c1NC(=O)CNC(=O)c1cnc2sccn2c1=O. The molecule has 0 bridgehead atoms. The molecule has 2 aromatic heterocycles. The highest BCUT2D eigenvalue weighted by Crippen LogP contribution is 2.18. The Hall–Kier alpha value is -3.00. The number of rotatable bonds is 4. The number of hydrogen-bond acceptors (Lipinski definition) is 5. The van der Waals surface area contributed by atoms with E-state index >= 15 is 0 Å². The van der Waals surface area contributed by atoms with Gasteiger partial charge in [0.1, 0.15) is 5.56 Å². The number of amides is 2. The third kappa shape index (κ3) is 3.43.